The molecule has 0 spiro atoms. The molecule has 0 heterocycles. The molecule has 88 valence electrons. The van der Waals surface area contributed by atoms with Crippen LogP contribution in [0, 0.1) is 11.6 Å². The summed E-state index contributed by atoms with van der Waals surface area (Å²) in [6.45, 7) is 0.440. The first-order chi connectivity index (χ1) is 7.68. The Bertz CT molecular complexity index is 370. The molecule has 0 aliphatic heterocycles. The van der Waals surface area contributed by atoms with E-state index in [-0.39, 0.29) is 5.41 Å². The molecule has 0 aromatic heterocycles. The van der Waals surface area contributed by atoms with Crippen molar-refractivity contribution in [3.63, 3.8) is 0 Å². The quantitative estimate of drug-likeness (QED) is 0.822. The van der Waals surface area contributed by atoms with Crippen molar-refractivity contribution in [2.24, 2.45) is 5.73 Å². The van der Waals surface area contributed by atoms with Crippen LogP contribution in [0.25, 0.3) is 0 Å². The summed E-state index contributed by atoms with van der Waals surface area (Å²) in [5.74, 6) is -0.975. The van der Waals surface area contributed by atoms with E-state index in [0.717, 1.165) is 31.7 Å². The zero-order valence-electron chi connectivity index (χ0n) is 9.31. The Kier molecular flexibility index (Phi) is 3.24. The molecular weight excluding hydrogens is 208 g/mol. The van der Waals surface area contributed by atoms with E-state index in [4.69, 9.17) is 5.73 Å². The Morgan fingerprint density at radius 2 is 1.81 bits per heavy atom. The smallest absolute Gasteiger partial charge is 0.129 e. The lowest BCUT2D eigenvalue weighted by atomic mass is 9.69. The average molecular weight is 225 g/mol. The number of nitrogens with two attached hydrogens (primary N) is 1. The first kappa shape index (κ1) is 11.5. The van der Waals surface area contributed by atoms with Crippen LogP contribution in [0.1, 0.15) is 37.7 Å². The summed E-state index contributed by atoms with van der Waals surface area (Å²) < 4.78 is 26.6. The first-order valence-corrected chi connectivity index (χ1v) is 5.83. The fourth-order valence-corrected chi connectivity index (χ4v) is 2.73. The highest BCUT2D eigenvalue weighted by Crippen LogP contribution is 2.39. The van der Waals surface area contributed by atoms with E-state index >= 15 is 0 Å². The van der Waals surface area contributed by atoms with Crippen molar-refractivity contribution in [1.82, 2.24) is 0 Å². The second kappa shape index (κ2) is 4.50. The van der Waals surface area contributed by atoms with E-state index < -0.39 is 11.6 Å². The van der Waals surface area contributed by atoms with E-state index in [0.29, 0.717) is 12.1 Å². The van der Waals surface area contributed by atoms with E-state index in [9.17, 15) is 8.78 Å². The number of rotatable bonds is 2. The summed E-state index contributed by atoms with van der Waals surface area (Å²) in [7, 11) is 0. The van der Waals surface area contributed by atoms with Crippen molar-refractivity contribution >= 4 is 0 Å². The Balaban J connectivity index is 2.39. The van der Waals surface area contributed by atoms with Gasteiger partial charge in [-0.05, 0) is 24.5 Å². The lowest BCUT2D eigenvalue weighted by Gasteiger charge is -2.37. The molecule has 0 unspecified atom stereocenters. The Hall–Kier alpha value is -0.960. The normalized spacial score (nSPS) is 19.7. The second-order valence-corrected chi connectivity index (χ2v) is 4.67. The third-order valence-corrected chi connectivity index (χ3v) is 3.70. The van der Waals surface area contributed by atoms with Crippen LogP contribution in [0.15, 0.2) is 18.2 Å². The van der Waals surface area contributed by atoms with Gasteiger partial charge in [-0.1, -0.05) is 25.3 Å². The number of hydrogen-bond acceptors (Lipinski definition) is 1. The van der Waals surface area contributed by atoms with Crippen LogP contribution in [-0.2, 0) is 5.41 Å². The molecule has 0 radical (unpaired) electrons. The van der Waals surface area contributed by atoms with Crippen LogP contribution in [-0.4, -0.2) is 6.54 Å². The fraction of sp³-hybridized carbons (Fsp3) is 0.538. The molecule has 1 aliphatic rings. The number of hydrogen-bond donors (Lipinski definition) is 1. The summed E-state index contributed by atoms with van der Waals surface area (Å²) in [4.78, 5) is 0. The standard InChI is InChI=1S/C13H17F2N/c14-10-4-5-11(12(15)8-10)13(9-16)6-2-1-3-7-13/h4-5,8H,1-3,6-7,9,16H2. The van der Waals surface area contributed by atoms with Crippen molar-refractivity contribution in [3.8, 4) is 0 Å². The number of benzene rings is 1. The van der Waals surface area contributed by atoms with E-state index in [1.54, 1.807) is 6.07 Å². The van der Waals surface area contributed by atoms with Gasteiger partial charge in [0.15, 0.2) is 0 Å². The maximum absolute atomic E-state index is 13.8. The molecule has 3 heteroatoms. The van der Waals surface area contributed by atoms with Gasteiger partial charge in [-0.15, -0.1) is 0 Å². The minimum Gasteiger partial charge on any atom is -0.330 e. The van der Waals surface area contributed by atoms with Crippen LogP contribution >= 0.6 is 0 Å². The van der Waals surface area contributed by atoms with Crippen molar-refractivity contribution in [2.45, 2.75) is 37.5 Å². The van der Waals surface area contributed by atoms with Gasteiger partial charge in [0.05, 0.1) is 0 Å². The van der Waals surface area contributed by atoms with Gasteiger partial charge in [0.2, 0.25) is 0 Å². The van der Waals surface area contributed by atoms with Gasteiger partial charge < -0.3 is 5.73 Å². The predicted molar refractivity (Wildman–Crippen MR) is 60.2 cm³/mol. The lowest BCUT2D eigenvalue weighted by Crippen LogP contribution is -2.38. The van der Waals surface area contributed by atoms with Crippen molar-refractivity contribution in [1.29, 1.82) is 0 Å². The molecule has 1 aliphatic carbocycles. The van der Waals surface area contributed by atoms with Gasteiger partial charge in [0.25, 0.3) is 0 Å². The van der Waals surface area contributed by atoms with E-state index in [1.165, 1.54) is 12.5 Å². The molecule has 1 aromatic rings. The number of halogens is 2. The highest BCUT2D eigenvalue weighted by atomic mass is 19.1. The molecule has 0 bridgehead atoms. The lowest BCUT2D eigenvalue weighted by molar-refractivity contribution is 0.291. The maximum atomic E-state index is 13.8. The Labute approximate surface area is 94.7 Å². The monoisotopic (exact) mass is 225 g/mol. The van der Waals surface area contributed by atoms with Gasteiger partial charge in [-0.2, -0.15) is 0 Å². The summed E-state index contributed by atoms with van der Waals surface area (Å²) in [5.41, 5.74) is 6.14. The van der Waals surface area contributed by atoms with Gasteiger partial charge in [0.1, 0.15) is 11.6 Å². The first-order valence-electron chi connectivity index (χ1n) is 5.83. The fourth-order valence-electron chi connectivity index (χ4n) is 2.73. The van der Waals surface area contributed by atoms with Crippen LogP contribution < -0.4 is 5.73 Å². The molecule has 1 aromatic carbocycles. The maximum Gasteiger partial charge on any atom is 0.129 e. The Morgan fingerprint density at radius 3 is 2.38 bits per heavy atom. The predicted octanol–water partition coefficient (Wildman–Crippen LogP) is 3.13. The minimum atomic E-state index is -0.524. The molecule has 0 saturated heterocycles. The van der Waals surface area contributed by atoms with E-state index in [2.05, 4.69) is 0 Å². The molecule has 1 nitrogen and oxygen atoms in total. The molecule has 2 rings (SSSR count). The van der Waals surface area contributed by atoms with Crippen LogP contribution in [0.3, 0.4) is 0 Å². The van der Waals surface area contributed by atoms with Gasteiger partial charge >= 0.3 is 0 Å². The average Bonchev–Trinajstić information content (AvgIpc) is 2.30. The van der Waals surface area contributed by atoms with Gasteiger partial charge in [-0.3, -0.25) is 0 Å². The van der Waals surface area contributed by atoms with Crippen LogP contribution in [0.4, 0.5) is 8.78 Å². The third-order valence-electron chi connectivity index (χ3n) is 3.70. The molecule has 2 N–H and O–H groups in total. The SMILES string of the molecule is NCC1(c2ccc(F)cc2F)CCCCC1. The van der Waals surface area contributed by atoms with Gasteiger partial charge in [0, 0.05) is 18.0 Å². The molecular formula is C13H17F2N. The van der Waals surface area contributed by atoms with Crippen molar-refractivity contribution < 1.29 is 8.78 Å². The largest absolute Gasteiger partial charge is 0.330 e. The Morgan fingerprint density at radius 1 is 1.12 bits per heavy atom. The molecule has 1 fully saturated rings. The highest BCUT2D eigenvalue weighted by Gasteiger charge is 2.34. The summed E-state index contributed by atoms with van der Waals surface area (Å²) >= 11 is 0. The summed E-state index contributed by atoms with van der Waals surface area (Å²) in [6.07, 6.45) is 5.16. The topological polar surface area (TPSA) is 26.0 Å². The molecule has 0 atom stereocenters. The third kappa shape index (κ3) is 1.96. The summed E-state index contributed by atoms with van der Waals surface area (Å²) in [5, 5.41) is 0. The minimum absolute atomic E-state index is 0.268. The van der Waals surface area contributed by atoms with Crippen molar-refractivity contribution in [2.75, 3.05) is 6.54 Å². The zero-order chi connectivity index (χ0) is 11.6. The molecule has 1 saturated carbocycles. The molecule has 0 amide bonds. The summed E-state index contributed by atoms with van der Waals surface area (Å²) in [6, 6.07) is 3.84. The second-order valence-electron chi connectivity index (χ2n) is 4.67. The zero-order valence-corrected chi connectivity index (χ0v) is 9.31. The van der Waals surface area contributed by atoms with Crippen LogP contribution in [0.5, 0.6) is 0 Å². The van der Waals surface area contributed by atoms with E-state index in [1.807, 2.05) is 0 Å². The molecule has 16 heavy (non-hydrogen) atoms. The van der Waals surface area contributed by atoms with Crippen LogP contribution in [0.2, 0.25) is 0 Å². The highest BCUT2D eigenvalue weighted by molar-refractivity contribution is 5.28. The van der Waals surface area contributed by atoms with Crippen molar-refractivity contribution in [3.05, 3.63) is 35.4 Å². The van der Waals surface area contributed by atoms with Gasteiger partial charge in [-0.25, -0.2) is 8.78 Å².